The molecule has 1 aliphatic rings. The van der Waals surface area contributed by atoms with Gasteiger partial charge in [0.1, 0.15) is 11.6 Å². The number of aryl methyl sites for hydroxylation is 2. The van der Waals surface area contributed by atoms with E-state index in [4.69, 9.17) is 4.74 Å². The maximum absolute atomic E-state index is 12.0. The molecule has 26 heavy (non-hydrogen) atoms. The van der Waals surface area contributed by atoms with Gasteiger partial charge in [0.25, 0.3) is 0 Å². The Morgan fingerprint density at radius 1 is 1.19 bits per heavy atom. The molecule has 5 nitrogen and oxygen atoms in total. The SMILES string of the molecule is Cc1ccc(OCCC(=O)NCc2ccc(N3CCCC3)nc2)c(C)c1. The summed E-state index contributed by atoms with van der Waals surface area (Å²) < 4.78 is 5.71. The van der Waals surface area contributed by atoms with E-state index in [0.29, 0.717) is 19.6 Å². The smallest absolute Gasteiger partial charge is 0.223 e. The number of pyridine rings is 1. The van der Waals surface area contributed by atoms with E-state index in [2.05, 4.69) is 28.2 Å². The van der Waals surface area contributed by atoms with Crippen molar-refractivity contribution in [2.45, 2.75) is 39.7 Å². The van der Waals surface area contributed by atoms with Crippen LogP contribution in [0.2, 0.25) is 0 Å². The first-order valence-electron chi connectivity index (χ1n) is 9.28. The third-order valence-electron chi connectivity index (χ3n) is 4.65. The van der Waals surface area contributed by atoms with Crippen LogP contribution in [0.15, 0.2) is 36.5 Å². The highest BCUT2D eigenvalue weighted by molar-refractivity contribution is 5.76. The predicted molar refractivity (Wildman–Crippen MR) is 104 cm³/mol. The molecule has 2 heterocycles. The fraction of sp³-hybridized carbons (Fsp3) is 0.429. The average Bonchev–Trinajstić information content (AvgIpc) is 3.17. The van der Waals surface area contributed by atoms with Crippen molar-refractivity contribution in [1.82, 2.24) is 10.3 Å². The largest absolute Gasteiger partial charge is 0.493 e. The molecule has 1 amide bonds. The molecule has 1 fully saturated rings. The number of benzene rings is 1. The number of carbonyl (C=O) groups excluding carboxylic acids is 1. The number of amides is 1. The van der Waals surface area contributed by atoms with Gasteiger partial charge in [-0.25, -0.2) is 4.98 Å². The molecule has 5 heteroatoms. The minimum atomic E-state index is -0.0154. The van der Waals surface area contributed by atoms with Crippen LogP contribution >= 0.6 is 0 Å². The average molecular weight is 353 g/mol. The van der Waals surface area contributed by atoms with Crippen LogP contribution in [0.25, 0.3) is 0 Å². The van der Waals surface area contributed by atoms with Crippen LogP contribution < -0.4 is 15.0 Å². The Kier molecular flexibility index (Phi) is 6.10. The molecule has 1 N–H and O–H groups in total. The summed E-state index contributed by atoms with van der Waals surface area (Å²) in [6, 6.07) is 10.1. The van der Waals surface area contributed by atoms with Gasteiger partial charge in [0.15, 0.2) is 0 Å². The van der Waals surface area contributed by atoms with Crippen molar-refractivity contribution in [1.29, 1.82) is 0 Å². The molecule has 138 valence electrons. The summed E-state index contributed by atoms with van der Waals surface area (Å²) in [5, 5.41) is 2.93. The van der Waals surface area contributed by atoms with Gasteiger partial charge in [-0.3, -0.25) is 4.79 Å². The molecular weight excluding hydrogens is 326 g/mol. The molecule has 1 aromatic carbocycles. The van der Waals surface area contributed by atoms with Gasteiger partial charge in [0.2, 0.25) is 5.91 Å². The maximum atomic E-state index is 12.0. The number of nitrogens with one attached hydrogen (secondary N) is 1. The quantitative estimate of drug-likeness (QED) is 0.829. The Balaban J connectivity index is 1.39. The van der Waals surface area contributed by atoms with Gasteiger partial charge < -0.3 is 15.0 Å². The zero-order chi connectivity index (χ0) is 18.4. The summed E-state index contributed by atoms with van der Waals surface area (Å²) in [6.07, 6.45) is 4.67. The van der Waals surface area contributed by atoms with Crippen molar-refractivity contribution >= 4 is 11.7 Å². The third kappa shape index (κ3) is 4.97. The maximum Gasteiger partial charge on any atom is 0.223 e. The first-order chi connectivity index (χ1) is 12.6. The third-order valence-corrected chi connectivity index (χ3v) is 4.65. The van der Waals surface area contributed by atoms with E-state index in [-0.39, 0.29) is 5.91 Å². The zero-order valence-corrected chi connectivity index (χ0v) is 15.6. The number of ether oxygens (including phenoxy) is 1. The second-order valence-electron chi connectivity index (χ2n) is 6.86. The molecule has 1 aliphatic heterocycles. The molecule has 0 radical (unpaired) electrons. The van der Waals surface area contributed by atoms with Gasteiger partial charge in [0.05, 0.1) is 13.0 Å². The van der Waals surface area contributed by atoms with Crippen molar-refractivity contribution in [3.8, 4) is 5.75 Å². The van der Waals surface area contributed by atoms with Gasteiger partial charge in [-0.05, 0) is 49.9 Å². The van der Waals surface area contributed by atoms with Crippen LogP contribution in [0.5, 0.6) is 5.75 Å². The molecule has 0 bridgehead atoms. The van der Waals surface area contributed by atoms with E-state index in [1.54, 1.807) is 0 Å². The summed E-state index contributed by atoms with van der Waals surface area (Å²) in [4.78, 5) is 18.8. The van der Waals surface area contributed by atoms with Crippen molar-refractivity contribution in [2.75, 3.05) is 24.6 Å². The first-order valence-corrected chi connectivity index (χ1v) is 9.28. The second kappa shape index (κ2) is 8.70. The number of anilines is 1. The number of carbonyl (C=O) groups is 1. The van der Waals surface area contributed by atoms with E-state index in [1.807, 2.05) is 37.4 Å². The van der Waals surface area contributed by atoms with Crippen LogP contribution in [-0.2, 0) is 11.3 Å². The Morgan fingerprint density at radius 2 is 2.00 bits per heavy atom. The minimum absolute atomic E-state index is 0.0154. The van der Waals surface area contributed by atoms with E-state index < -0.39 is 0 Å². The fourth-order valence-electron chi connectivity index (χ4n) is 3.16. The summed E-state index contributed by atoms with van der Waals surface area (Å²) in [5.41, 5.74) is 3.31. The van der Waals surface area contributed by atoms with E-state index in [0.717, 1.165) is 35.8 Å². The second-order valence-corrected chi connectivity index (χ2v) is 6.86. The van der Waals surface area contributed by atoms with Crippen molar-refractivity contribution in [2.24, 2.45) is 0 Å². The van der Waals surface area contributed by atoms with Crippen LogP contribution in [0.4, 0.5) is 5.82 Å². The Bertz CT molecular complexity index is 737. The number of aromatic nitrogens is 1. The highest BCUT2D eigenvalue weighted by Crippen LogP contribution is 2.19. The number of rotatable bonds is 7. The summed E-state index contributed by atoms with van der Waals surface area (Å²) >= 11 is 0. The Labute approximate surface area is 155 Å². The molecule has 0 atom stereocenters. The van der Waals surface area contributed by atoms with E-state index in [1.165, 1.54) is 18.4 Å². The van der Waals surface area contributed by atoms with Crippen molar-refractivity contribution in [3.63, 3.8) is 0 Å². The lowest BCUT2D eigenvalue weighted by Crippen LogP contribution is -2.24. The minimum Gasteiger partial charge on any atom is -0.493 e. The lowest BCUT2D eigenvalue weighted by atomic mass is 10.1. The fourth-order valence-corrected chi connectivity index (χ4v) is 3.16. The Morgan fingerprint density at radius 3 is 2.69 bits per heavy atom. The lowest BCUT2D eigenvalue weighted by Gasteiger charge is -2.16. The number of hydrogen-bond acceptors (Lipinski definition) is 4. The molecule has 0 saturated carbocycles. The van der Waals surface area contributed by atoms with Crippen molar-refractivity contribution < 1.29 is 9.53 Å². The van der Waals surface area contributed by atoms with Crippen LogP contribution in [0.3, 0.4) is 0 Å². The standard InChI is InChI=1S/C21H27N3O2/c1-16-5-7-19(17(2)13-16)26-12-9-21(25)23-15-18-6-8-20(22-14-18)24-10-3-4-11-24/h5-8,13-14H,3-4,9-12,15H2,1-2H3,(H,23,25). The van der Waals surface area contributed by atoms with Crippen LogP contribution in [0.1, 0.15) is 36.0 Å². The van der Waals surface area contributed by atoms with Gasteiger partial charge in [-0.1, -0.05) is 23.8 Å². The molecular formula is C21H27N3O2. The predicted octanol–water partition coefficient (Wildman–Crippen LogP) is 3.38. The molecule has 0 unspecified atom stereocenters. The molecule has 2 aromatic rings. The van der Waals surface area contributed by atoms with Crippen LogP contribution in [-0.4, -0.2) is 30.6 Å². The number of hydrogen-bond donors (Lipinski definition) is 1. The summed E-state index contributed by atoms with van der Waals surface area (Å²) in [6.45, 7) is 7.11. The Hall–Kier alpha value is -2.56. The van der Waals surface area contributed by atoms with E-state index >= 15 is 0 Å². The molecule has 3 rings (SSSR count). The zero-order valence-electron chi connectivity index (χ0n) is 15.6. The molecule has 0 spiro atoms. The normalized spacial score (nSPS) is 13.7. The van der Waals surface area contributed by atoms with Gasteiger partial charge in [-0.15, -0.1) is 0 Å². The van der Waals surface area contributed by atoms with Crippen molar-refractivity contribution in [3.05, 3.63) is 53.2 Å². The van der Waals surface area contributed by atoms with Crippen LogP contribution in [0, 0.1) is 13.8 Å². The molecule has 1 aromatic heterocycles. The van der Waals surface area contributed by atoms with Gasteiger partial charge in [0, 0.05) is 25.8 Å². The van der Waals surface area contributed by atoms with Gasteiger partial charge >= 0.3 is 0 Å². The topological polar surface area (TPSA) is 54.5 Å². The molecule has 1 saturated heterocycles. The van der Waals surface area contributed by atoms with Gasteiger partial charge in [-0.2, -0.15) is 0 Å². The first kappa shape index (κ1) is 18.2. The summed E-state index contributed by atoms with van der Waals surface area (Å²) in [7, 11) is 0. The monoisotopic (exact) mass is 353 g/mol. The van der Waals surface area contributed by atoms with E-state index in [9.17, 15) is 4.79 Å². The molecule has 0 aliphatic carbocycles. The highest BCUT2D eigenvalue weighted by Gasteiger charge is 2.13. The number of nitrogens with zero attached hydrogens (tertiary/aromatic N) is 2. The lowest BCUT2D eigenvalue weighted by molar-refractivity contribution is -0.121. The summed E-state index contributed by atoms with van der Waals surface area (Å²) in [5.74, 6) is 1.85. The highest BCUT2D eigenvalue weighted by atomic mass is 16.5.